The van der Waals surface area contributed by atoms with E-state index in [0.717, 1.165) is 0 Å². The van der Waals surface area contributed by atoms with Crippen LogP contribution >= 0.6 is 0 Å². The Labute approximate surface area is 81.7 Å². The van der Waals surface area contributed by atoms with Crippen LogP contribution in [-0.4, -0.2) is 11.1 Å². The fourth-order valence-electron chi connectivity index (χ4n) is 0.644. The maximum absolute atomic E-state index is 10.3. The molecule has 3 nitrogen and oxygen atoms in total. The molecule has 0 atom stereocenters. The number of carboxylic acids is 1. The van der Waals surface area contributed by atoms with Crippen LogP contribution in [0.2, 0.25) is 0 Å². The minimum absolute atomic E-state index is 0. The van der Waals surface area contributed by atoms with Crippen molar-refractivity contribution in [3.05, 3.63) is 30.1 Å². The molecule has 0 aliphatic rings. The van der Waals surface area contributed by atoms with Gasteiger partial charge in [-0.25, -0.2) is 9.36 Å². The molecule has 0 aliphatic carbocycles. The second kappa shape index (κ2) is 4.27. The molecule has 1 heterocycles. The predicted molar refractivity (Wildman–Crippen MR) is 34.6 cm³/mol. The average Bonchev–Trinajstić information content (AvgIpc) is 1.88. The molecular weight excluding hydrogens is 257 g/mol. The Balaban J connectivity index is 0.000001000. The molecule has 0 unspecified atom stereocenters. The second-order valence-corrected chi connectivity index (χ2v) is 2.06. The normalized spacial score (nSPS) is 8.45. The molecule has 0 amide bonds. The van der Waals surface area contributed by atoms with E-state index in [1.165, 1.54) is 0 Å². The van der Waals surface area contributed by atoms with Crippen LogP contribution in [-0.2, 0) is 7.05 Å². The van der Waals surface area contributed by atoms with Gasteiger partial charge in [0.15, 0.2) is 12.4 Å². The van der Waals surface area contributed by atoms with Gasteiger partial charge in [-0.1, -0.05) is 0 Å². The van der Waals surface area contributed by atoms with E-state index in [1.807, 2.05) is 7.05 Å². The van der Waals surface area contributed by atoms with Crippen molar-refractivity contribution in [2.75, 3.05) is 0 Å². The lowest BCUT2D eigenvalue weighted by molar-refractivity contribution is -0.671. The van der Waals surface area contributed by atoms with E-state index < -0.39 is 5.97 Å². The Morgan fingerprint density at radius 3 is 2.27 bits per heavy atom. The Kier molecular flexibility index (Phi) is 4.02. The highest BCUT2D eigenvalue weighted by Crippen LogP contribution is 1.92. The van der Waals surface area contributed by atoms with Crippen molar-refractivity contribution in [1.82, 2.24) is 0 Å². The molecule has 1 aromatic heterocycles. The molecule has 1 aromatic rings. The van der Waals surface area contributed by atoms with Crippen molar-refractivity contribution < 1.29 is 38.4 Å². The summed E-state index contributed by atoms with van der Waals surface area (Å²) in [7, 11) is 1.84. The maximum Gasteiger partial charge on any atom is 0.336 e. The van der Waals surface area contributed by atoms with E-state index in [1.54, 1.807) is 29.1 Å². The Morgan fingerprint density at radius 2 is 1.91 bits per heavy atom. The number of pyridine rings is 1. The SMILES string of the molecule is C[n+]1ccc(C(=O)O)cc1.[I-]. The summed E-state index contributed by atoms with van der Waals surface area (Å²) in [6, 6.07) is 3.12. The van der Waals surface area contributed by atoms with Gasteiger partial charge in [-0.3, -0.25) is 0 Å². The van der Waals surface area contributed by atoms with Gasteiger partial charge in [-0.15, -0.1) is 0 Å². The summed E-state index contributed by atoms with van der Waals surface area (Å²) in [5.41, 5.74) is 0.318. The average molecular weight is 265 g/mol. The molecule has 1 N–H and O–H groups in total. The van der Waals surface area contributed by atoms with Crippen molar-refractivity contribution in [2.24, 2.45) is 7.05 Å². The first-order chi connectivity index (χ1) is 4.70. The highest BCUT2D eigenvalue weighted by atomic mass is 127. The fraction of sp³-hybridized carbons (Fsp3) is 0.143. The first kappa shape index (κ1) is 10.3. The van der Waals surface area contributed by atoms with Crippen molar-refractivity contribution in [3.8, 4) is 0 Å². The number of carboxylic acid groups (broad SMARTS) is 1. The van der Waals surface area contributed by atoms with E-state index in [0.29, 0.717) is 5.56 Å². The molecule has 4 heteroatoms. The molecule has 0 radical (unpaired) electrons. The van der Waals surface area contributed by atoms with Crippen molar-refractivity contribution in [3.63, 3.8) is 0 Å². The lowest BCUT2D eigenvalue weighted by Gasteiger charge is -1.88. The van der Waals surface area contributed by atoms with Crippen LogP contribution in [0.15, 0.2) is 24.5 Å². The highest BCUT2D eigenvalue weighted by molar-refractivity contribution is 5.87. The first-order valence-corrected chi connectivity index (χ1v) is 2.89. The number of aryl methyl sites for hydroxylation is 1. The molecule has 0 spiro atoms. The lowest BCUT2D eigenvalue weighted by atomic mass is 10.3. The summed E-state index contributed by atoms with van der Waals surface area (Å²) in [6.45, 7) is 0. The molecule has 60 valence electrons. The molecule has 11 heavy (non-hydrogen) atoms. The highest BCUT2D eigenvalue weighted by Gasteiger charge is 2.01. The Bertz CT molecular complexity index is 245. The van der Waals surface area contributed by atoms with Crippen LogP contribution in [0.25, 0.3) is 0 Å². The second-order valence-electron chi connectivity index (χ2n) is 2.06. The third kappa shape index (κ3) is 2.83. The van der Waals surface area contributed by atoms with Crippen LogP contribution in [0.5, 0.6) is 0 Å². The third-order valence-electron chi connectivity index (χ3n) is 1.23. The zero-order valence-corrected chi connectivity index (χ0v) is 8.15. The van der Waals surface area contributed by atoms with Gasteiger partial charge in [-0.2, -0.15) is 0 Å². The van der Waals surface area contributed by atoms with Crippen molar-refractivity contribution in [1.29, 1.82) is 0 Å². The zero-order valence-electron chi connectivity index (χ0n) is 5.99. The summed E-state index contributed by atoms with van der Waals surface area (Å²) in [5, 5.41) is 8.47. The number of aromatic carboxylic acids is 1. The van der Waals surface area contributed by atoms with Gasteiger partial charge in [0.25, 0.3) is 0 Å². The van der Waals surface area contributed by atoms with Crippen molar-refractivity contribution in [2.45, 2.75) is 0 Å². The summed E-state index contributed by atoms with van der Waals surface area (Å²) in [6.07, 6.45) is 3.40. The number of hydrogen-bond donors (Lipinski definition) is 1. The van der Waals surface area contributed by atoms with Crippen LogP contribution in [0, 0.1) is 0 Å². The van der Waals surface area contributed by atoms with Crippen molar-refractivity contribution >= 4 is 5.97 Å². The molecule has 0 aromatic carbocycles. The van der Waals surface area contributed by atoms with Gasteiger partial charge >= 0.3 is 5.97 Å². The van der Waals surface area contributed by atoms with Gasteiger partial charge in [0.2, 0.25) is 0 Å². The first-order valence-electron chi connectivity index (χ1n) is 2.89. The topological polar surface area (TPSA) is 41.2 Å². The third-order valence-corrected chi connectivity index (χ3v) is 1.23. The van der Waals surface area contributed by atoms with Gasteiger partial charge in [0.1, 0.15) is 7.05 Å². The lowest BCUT2D eigenvalue weighted by Crippen LogP contribution is -3.00. The standard InChI is InChI=1S/C7H7NO2.HI/c1-8-4-2-6(3-5-8)7(9)10;/h2-5H,1H3;1H. The summed E-state index contributed by atoms with van der Waals surface area (Å²) < 4.78 is 1.78. The van der Waals surface area contributed by atoms with E-state index in [4.69, 9.17) is 5.11 Å². The number of aromatic nitrogens is 1. The molecule has 0 bridgehead atoms. The Morgan fingerprint density at radius 1 is 1.45 bits per heavy atom. The minimum atomic E-state index is -0.888. The van der Waals surface area contributed by atoms with E-state index >= 15 is 0 Å². The summed E-state index contributed by atoms with van der Waals surface area (Å²) >= 11 is 0. The number of carbonyl (C=O) groups is 1. The molecule has 0 fully saturated rings. The van der Waals surface area contributed by atoms with Gasteiger partial charge in [-0.05, 0) is 0 Å². The fourth-order valence-corrected chi connectivity index (χ4v) is 0.644. The summed E-state index contributed by atoms with van der Waals surface area (Å²) in [4.78, 5) is 10.3. The Hall–Kier alpha value is -0.650. The predicted octanol–water partition coefficient (Wildman–Crippen LogP) is -2.79. The van der Waals surface area contributed by atoms with Crippen LogP contribution in [0.4, 0.5) is 0 Å². The molecule has 1 rings (SSSR count). The molecule has 0 saturated heterocycles. The molecule has 0 saturated carbocycles. The van der Waals surface area contributed by atoms with Gasteiger partial charge < -0.3 is 29.1 Å². The largest absolute Gasteiger partial charge is 1.00 e. The quantitative estimate of drug-likeness (QED) is 0.440. The smallest absolute Gasteiger partial charge is 0.336 e. The minimum Gasteiger partial charge on any atom is -1.00 e. The number of hydrogen-bond acceptors (Lipinski definition) is 1. The monoisotopic (exact) mass is 265 g/mol. The van der Waals surface area contributed by atoms with E-state index in [2.05, 4.69) is 0 Å². The van der Waals surface area contributed by atoms with Gasteiger partial charge in [0.05, 0.1) is 5.56 Å². The summed E-state index contributed by atoms with van der Waals surface area (Å²) in [5.74, 6) is -0.888. The van der Waals surface area contributed by atoms with Crippen LogP contribution < -0.4 is 28.5 Å². The number of nitrogens with zero attached hydrogens (tertiary/aromatic N) is 1. The van der Waals surface area contributed by atoms with E-state index in [9.17, 15) is 4.79 Å². The number of halogens is 1. The van der Waals surface area contributed by atoms with Crippen LogP contribution in [0.1, 0.15) is 10.4 Å². The van der Waals surface area contributed by atoms with Gasteiger partial charge in [0, 0.05) is 12.1 Å². The van der Waals surface area contributed by atoms with E-state index in [-0.39, 0.29) is 24.0 Å². The van der Waals surface area contributed by atoms with Crippen LogP contribution in [0.3, 0.4) is 0 Å². The number of rotatable bonds is 1. The molecule has 0 aliphatic heterocycles. The zero-order chi connectivity index (χ0) is 7.56. The maximum atomic E-state index is 10.3. The molecular formula is C7H8INO2.